The standard InChI is InChI=1S/C22H29N3O3/c1-17(16-25-10-12-28-13-11-25)23-15-18-4-3-5-20(14-18)24-22(26)19-6-8-21(27-2)9-7-19/h3-9,14,17,23H,10-13,15-16H2,1-2H3,(H,24,26). The Bertz CT molecular complexity index is 758. The van der Waals surface area contributed by atoms with Crippen molar-refractivity contribution >= 4 is 11.6 Å². The normalized spacial score (nSPS) is 15.8. The summed E-state index contributed by atoms with van der Waals surface area (Å²) in [5.41, 5.74) is 2.53. The zero-order valence-electron chi connectivity index (χ0n) is 16.6. The number of amides is 1. The van der Waals surface area contributed by atoms with Crippen LogP contribution in [-0.4, -0.2) is 56.8 Å². The largest absolute Gasteiger partial charge is 0.497 e. The Morgan fingerprint density at radius 1 is 1.18 bits per heavy atom. The van der Waals surface area contributed by atoms with Crippen LogP contribution in [0.2, 0.25) is 0 Å². The number of nitrogens with one attached hydrogen (secondary N) is 2. The Kier molecular flexibility index (Phi) is 7.42. The van der Waals surface area contributed by atoms with Crippen molar-refractivity contribution in [3.8, 4) is 5.75 Å². The maximum absolute atomic E-state index is 12.4. The zero-order valence-corrected chi connectivity index (χ0v) is 16.6. The molecule has 0 bridgehead atoms. The molecular formula is C22H29N3O3. The topological polar surface area (TPSA) is 62.8 Å². The number of nitrogens with zero attached hydrogens (tertiary/aromatic N) is 1. The Balaban J connectivity index is 1.50. The molecule has 0 radical (unpaired) electrons. The summed E-state index contributed by atoms with van der Waals surface area (Å²) in [7, 11) is 1.61. The first-order valence-corrected chi connectivity index (χ1v) is 9.72. The summed E-state index contributed by atoms with van der Waals surface area (Å²) in [6.07, 6.45) is 0. The molecule has 1 aliphatic rings. The Morgan fingerprint density at radius 2 is 1.93 bits per heavy atom. The SMILES string of the molecule is COc1ccc(C(=O)Nc2cccc(CNC(C)CN3CCOCC3)c2)cc1. The lowest BCUT2D eigenvalue weighted by Crippen LogP contribution is -2.44. The number of hydrogen-bond donors (Lipinski definition) is 2. The predicted octanol–water partition coefficient (Wildman–Crippen LogP) is 2.76. The Hall–Kier alpha value is -2.41. The number of ether oxygens (including phenoxy) is 2. The highest BCUT2D eigenvalue weighted by molar-refractivity contribution is 6.04. The van der Waals surface area contributed by atoms with E-state index in [4.69, 9.17) is 9.47 Å². The lowest BCUT2D eigenvalue weighted by molar-refractivity contribution is 0.0343. The number of anilines is 1. The van der Waals surface area contributed by atoms with Gasteiger partial charge in [0.05, 0.1) is 20.3 Å². The number of benzene rings is 2. The summed E-state index contributed by atoms with van der Waals surface area (Å²) >= 11 is 0. The second-order valence-corrected chi connectivity index (χ2v) is 7.08. The van der Waals surface area contributed by atoms with Gasteiger partial charge < -0.3 is 20.1 Å². The van der Waals surface area contributed by atoms with Crippen LogP contribution in [-0.2, 0) is 11.3 Å². The lowest BCUT2D eigenvalue weighted by Gasteiger charge is -2.29. The first-order valence-electron chi connectivity index (χ1n) is 9.72. The van der Waals surface area contributed by atoms with Gasteiger partial charge in [-0.25, -0.2) is 0 Å². The van der Waals surface area contributed by atoms with E-state index >= 15 is 0 Å². The maximum Gasteiger partial charge on any atom is 0.255 e. The van der Waals surface area contributed by atoms with Gasteiger partial charge in [0.2, 0.25) is 0 Å². The van der Waals surface area contributed by atoms with E-state index in [1.165, 1.54) is 0 Å². The van der Waals surface area contributed by atoms with Crippen LogP contribution in [0.4, 0.5) is 5.69 Å². The van der Waals surface area contributed by atoms with E-state index in [1.807, 2.05) is 18.2 Å². The third kappa shape index (κ3) is 6.05. The van der Waals surface area contributed by atoms with Crippen molar-refractivity contribution in [3.05, 3.63) is 59.7 Å². The summed E-state index contributed by atoms with van der Waals surface area (Å²) in [6, 6.07) is 15.4. The molecule has 1 unspecified atom stereocenters. The van der Waals surface area contributed by atoms with Crippen LogP contribution < -0.4 is 15.4 Å². The molecule has 2 aromatic rings. The number of carbonyl (C=O) groups excluding carboxylic acids is 1. The van der Waals surface area contributed by atoms with Gasteiger partial charge in [-0.05, 0) is 48.9 Å². The highest BCUT2D eigenvalue weighted by Gasteiger charge is 2.13. The number of morpholine rings is 1. The van der Waals surface area contributed by atoms with Crippen LogP contribution in [0.1, 0.15) is 22.8 Å². The van der Waals surface area contributed by atoms with Gasteiger partial charge in [0.1, 0.15) is 5.75 Å². The van der Waals surface area contributed by atoms with Gasteiger partial charge in [-0.15, -0.1) is 0 Å². The molecule has 1 aliphatic heterocycles. The molecule has 1 fully saturated rings. The molecular weight excluding hydrogens is 354 g/mol. The molecule has 1 atom stereocenters. The van der Waals surface area contributed by atoms with Gasteiger partial charge in [-0.2, -0.15) is 0 Å². The van der Waals surface area contributed by atoms with Crippen molar-refractivity contribution < 1.29 is 14.3 Å². The molecule has 0 aliphatic carbocycles. The smallest absolute Gasteiger partial charge is 0.255 e. The van der Waals surface area contributed by atoms with E-state index in [2.05, 4.69) is 28.5 Å². The third-order valence-corrected chi connectivity index (χ3v) is 4.83. The third-order valence-electron chi connectivity index (χ3n) is 4.83. The summed E-state index contributed by atoms with van der Waals surface area (Å²) in [6.45, 7) is 7.61. The molecule has 28 heavy (non-hydrogen) atoms. The molecule has 150 valence electrons. The van der Waals surface area contributed by atoms with Crippen molar-refractivity contribution in [1.29, 1.82) is 0 Å². The quantitative estimate of drug-likeness (QED) is 0.734. The number of hydrogen-bond acceptors (Lipinski definition) is 5. The average Bonchev–Trinajstić information content (AvgIpc) is 2.73. The molecule has 0 saturated carbocycles. The number of carbonyl (C=O) groups is 1. The fourth-order valence-corrected chi connectivity index (χ4v) is 3.23. The van der Waals surface area contributed by atoms with Gasteiger partial charge in [0.25, 0.3) is 5.91 Å². The van der Waals surface area contributed by atoms with E-state index in [0.29, 0.717) is 11.6 Å². The van der Waals surface area contributed by atoms with Crippen molar-refractivity contribution in [2.75, 3.05) is 45.3 Å². The predicted molar refractivity (Wildman–Crippen MR) is 111 cm³/mol. The molecule has 2 aromatic carbocycles. The maximum atomic E-state index is 12.4. The van der Waals surface area contributed by atoms with E-state index in [9.17, 15) is 4.79 Å². The molecule has 1 saturated heterocycles. The summed E-state index contributed by atoms with van der Waals surface area (Å²) in [5, 5.41) is 6.52. The van der Waals surface area contributed by atoms with Gasteiger partial charge in [0.15, 0.2) is 0 Å². The van der Waals surface area contributed by atoms with E-state index in [-0.39, 0.29) is 5.91 Å². The molecule has 0 spiro atoms. The summed E-state index contributed by atoms with van der Waals surface area (Å²) in [5.74, 6) is 0.601. The average molecular weight is 383 g/mol. The van der Waals surface area contributed by atoms with Crippen LogP contribution in [0.25, 0.3) is 0 Å². The van der Waals surface area contributed by atoms with E-state index in [1.54, 1.807) is 31.4 Å². The molecule has 6 nitrogen and oxygen atoms in total. The molecule has 2 N–H and O–H groups in total. The van der Waals surface area contributed by atoms with Crippen LogP contribution >= 0.6 is 0 Å². The molecule has 0 aromatic heterocycles. The van der Waals surface area contributed by atoms with Crippen LogP contribution in [0.5, 0.6) is 5.75 Å². The van der Waals surface area contributed by atoms with E-state index in [0.717, 1.165) is 56.4 Å². The highest BCUT2D eigenvalue weighted by Crippen LogP contribution is 2.15. The first kappa shape index (κ1) is 20.3. The summed E-state index contributed by atoms with van der Waals surface area (Å²) in [4.78, 5) is 14.9. The highest BCUT2D eigenvalue weighted by atomic mass is 16.5. The first-order chi connectivity index (χ1) is 13.6. The van der Waals surface area contributed by atoms with Crippen molar-refractivity contribution in [2.24, 2.45) is 0 Å². The minimum Gasteiger partial charge on any atom is -0.497 e. The van der Waals surface area contributed by atoms with Crippen LogP contribution in [0, 0.1) is 0 Å². The van der Waals surface area contributed by atoms with Crippen molar-refractivity contribution in [3.63, 3.8) is 0 Å². The van der Waals surface area contributed by atoms with Gasteiger partial charge in [0, 0.05) is 43.5 Å². The monoisotopic (exact) mass is 383 g/mol. The summed E-state index contributed by atoms with van der Waals surface area (Å²) < 4.78 is 10.5. The van der Waals surface area contributed by atoms with Crippen LogP contribution in [0.3, 0.4) is 0 Å². The van der Waals surface area contributed by atoms with Crippen molar-refractivity contribution in [1.82, 2.24) is 10.2 Å². The molecule has 1 heterocycles. The second-order valence-electron chi connectivity index (χ2n) is 7.08. The molecule has 3 rings (SSSR count). The fourth-order valence-electron chi connectivity index (χ4n) is 3.23. The minimum atomic E-state index is -0.131. The van der Waals surface area contributed by atoms with Crippen molar-refractivity contribution in [2.45, 2.75) is 19.5 Å². The molecule has 6 heteroatoms. The Labute approximate surface area is 166 Å². The zero-order chi connectivity index (χ0) is 19.8. The lowest BCUT2D eigenvalue weighted by atomic mass is 10.1. The molecule has 1 amide bonds. The fraction of sp³-hybridized carbons (Fsp3) is 0.409. The number of rotatable bonds is 8. The Morgan fingerprint density at radius 3 is 2.64 bits per heavy atom. The van der Waals surface area contributed by atoms with Gasteiger partial charge >= 0.3 is 0 Å². The number of methoxy groups -OCH3 is 1. The van der Waals surface area contributed by atoms with E-state index < -0.39 is 0 Å². The van der Waals surface area contributed by atoms with Gasteiger partial charge in [-0.1, -0.05) is 12.1 Å². The minimum absolute atomic E-state index is 0.131. The van der Waals surface area contributed by atoms with Crippen LogP contribution in [0.15, 0.2) is 48.5 Å². The van der Waals surface area contributed by atoms with Gasteiger partial charge in [-0.3, -0.25) is 9.69 Å². The second kappa shape index (κ2) is 10.2.